The third-order valence-electron chi connectivity index (χ3n) is 4.39. The number of carbonyl (C=O) groups excluding carboxylic acids is 2. The van der Waals surface area contributed by atoms with E-state index in [4.69, 9.17) is 0 Å². The Morgan fingerprint density at radius 1 is 0.676 bits per heavy atom. The van der Waals surface area contributed by atoms with Gasteiger partial charge < -0.3 is 0 Å². The highest BCUT2D eigenvalue weighted by Crippen LogP contribution is 2.16. The molecule has 3 rings (SSSR count). The Labute approximate surface area is 191 Å². The number of nitro benzene ring substituents is 2. The van der Waals surface area contributed by atoms with Crippen molar-refractivity contribution in [2.75, 3.05) is 0 Å². The van der Waals surface area contributed by atoms with Gasteiger partial charge in [0, 0.05) is 23.3 Å². The minimum atomic E-state index is -0.645. The van der Waals surface area contributed by atoms with Crippen LogP contribution in [-0.2, 0) is 0 Å². The van der Waals surface area contributed by atoms with E-state index in [-0.39, 0.29) is 33.6 Å². The van der Waals surface area contributed by atoms with E-state index < -0.39 is 21.7 Å². The Morgan fingerprint density at radius 3 is 1.50 bits per heavy atom. The summed E-state index contributed by atoms with van der Waals surface area (Å²) >= 11 is 0. The minimum absolute atomic E-state index is 0.107. The summed E-state index contributed by atoms with van der Waals surface area (Å²) in [5.41, 5.74) is 4.78. The van der Waals surface area contributed by atoms with Crippen molar-refractivity contribution in [3.63, 3.8) is 0 Å². The fourth-order valence-electron chi connectivity index (χ4n) is 2.78. The summed E-state index contributed by atoms with van der Waals surface area (Å²) in [6.07, 6.45) is 2.29. The molecule has 0 fully saturated rings. The summed E-state index contributed by atoms with van der Waals surface area (Å²) in [5.74, 6) is -1.29. The quantitative estimate of drug-likeness (QED) is 0.297. The van der Waals surface area contributed by atoms with E-state index in [9.17, 15) is 29.8 Å². The zero-order chi connectivity index (χ0) is 24.5. The van der Waals surface area contributed by atoms with Crippen LogP contribution in [0.3, 0.4) is 0 Å². The molecule has 2 N–H and O–H groups in total. The number of para-hydroxylation sites is 2. The molecule has 0 aromatic heterocycles. The van der Waals surface area contributed by atoms with Crippen molar-refractivity contribution in [1.29, 1.82) is 0 Å². The summed E-state index contributed by atoms with van der Waals surface area (Å²) in [6, 6.07) is 17.4. The van der Waals surface area contributed by atoms with Gasteiger partial charge in [-0.15, -0.1) is 0 Å². The average Bonchev–Trinajstić information content (AvgIpc) is 2.84. The summed E-state index contributed by atoms with van der Waals surface area (Å²) in [5, 5.41) is 29.5. The maximum atomic E-state index is 12.3. The van der Waals surface area contributed by atoms with Gasteiger partial charge >= 0.3 is 0 Å². The highest BCUT2D eigenvalue weighted by atomic mass is 16.6. The Morgan fingerprint density at radius 2 is 1.09 bits per heavy atom. The summed E-state index contributed by atoms with van der Waals surface area (Å²) < 4.78 is 0. The number of rotatable bonds is 8. The molecule has 0 saturated carbocycles. The van der Waals surface area contributed by atoms with Crippen molar-refractivity contribution in [3.8, 4) is 0 Å². The number of nitrogens with one attached hydrogen (secondary N) is 2. The molecule has 0 atom stereocenters. The zero-order valence-electron chi connectivity index (χ0n) is 17.3. The van der Waals surface area contributed by atoms with Crippen LogP contribution in [0.25, 0.3) is 0 Å². The van der Waals surface area contributed by atoms with Gasteiger partial charge in [-0.05, 0) is 30.3 Å². The van der Waals surface area contributed by atoms with Crippen molar-refractivity contribution in [2.45, 2.75) is 0 Å². The van der Waals surface area contributed by atoms with Crippen molar-refractivity contribution < 1.29 is 19.4 Å². The van der Waals surface area contributed by atoms with Crippen LogP contribution in [0, 0.1) is 20.2 Å². The average molecular weight is 460 g/mol. The van der Waals surface area contributed by atoms with E-state index in [0.29, 0.717) is 0 Å². The van der Waals surface area contributed by atoms with E-state index in [0.717, 1.165) is 12.4 Å². The molecule has 0 radical (unpaired) electrons. The van der Waals surface area contributed by atoms with Gasteiger partial charge in [-0.3, -0.25) is 29.8 Å². The lowest BCUT2D eigenvalue weighted by Crippen LogP contribution is -2.21. The molecule has 3 aromatic carbocycles. The SMILES string of the molecule is O=C(N/N=C\c1ccccc1[N+](=O)[O-])c1cccc(C(=O)N/N=C/c2ccccc2[N+](=O)[O-])c1. The predicted octanol–water partition coefficient (Wildman–Crippen LogP) is 3.03. The molecule has 3 aromatic rings. The topological polar surface area (TPSA) is 169 Å². The number of benzene rings is 3. The molecule has 0 aliphatic rings. The number of nitrogens with zero attached hydrogens (tertiary/aromatic N) is 4. The first-order chi connectivity index (χ1) is 16.4. The van der Waals surface area contributed by atoms with E-state index in [1.54, 1.807) is 12.1 Å². The van der Waals surface area contributed by atoms with Crippen LogP contribution in [0.15, 0.2) is 83.0 Å². The third kappa shape index (κ3) is 5.91. The molecule has 34 heavy (non-hydrogen) atoms. The largest absolute Gasteiger partial charge is 0.278 e. The lowest BCUT2D eigenvalue weighted by molar-refractivity contribution is -0.385. The second-order valence-corrected chi connectivity index (χ2v) is 6.61. The van der Waals surface area contributed by atoms with Gasteiger partial charge in [0.1, 0.15) is 0 Å². The van der Waals surface area contributed by atoms with Gasteiger partial charge in [-0.2, -0.15) is 10.2 Å². The first-order valence-corrected chi connectivity index (χ1v) is 9.60. The van der Waals surface area contributed by atoms with E-state index in [1.165, 1.54) is 60.7 Å². The molecule has 0 unspecified atom stereocenters. The Bertz CT molecular complexity index is 1220. The van der Waals surface area contributed by atoms with Gasteiger partial charge in [0.2, 0.25) is 0 Å². The van der Waals surface area contributed by atoms with Crippen molar-refractivity contribution in [2.24, 2.45) is 10.2 Å². The Balaban J connectivity index is 1.65. The van der Waals surface area contributed by atoms with Gasteiger partial charge in [-0.1, -0.05) is 30.3 Å². The molecule has 0 heterocycles. The monoisotopic (exact) mass is 460 g/mol. The molecule has 0 saturated heterocycles. The van der Waals surface area contributed by atoms with Crippen molar-refractivity contribution in [3.05, 3.63) is 115 Å². The smallest absolute Gasteiger partial charge is 0.267 e. The van der Waals surface area contributed by atoms with Crippen molar-refractivity contribution in [1.82, 2.24) is 10.9 Å². The number of hydrazone groups is 2. The standard InChI is InChI=1S/C22H16N6O6/c29-21(25-23-13-17-6-1-3-10-19(17)27(31)32)15-8-5-9-16(12-15)22(30)26-24-14-18-7-2-4-11-20(18)28(33)34/h1-14H,(H,25,29)(H,26,30)/b23-13-,24-14+. The molecule has 12 heteroatoms. The molecule has 170 valence electrons. The molecule has 0 bridgehead atoms. The highest BCUT2D eigenvalue weighted by Gasteiger charge is 2.13. The zero-order valence-corrected chi connectivity index (χ0v) is 17.3. The molecular weight excluding hydrogens is 444 g/mol. The molecule has 0 aliphatic heterocycles. The van der Waals surface area contributed by atoms with Gasteiger partial charge in [0.25, 0.3) is 23.2 Å². The normalized spacial score (nSPS) is 10.8. The lowest BCUT2D eigenvalue weighted by atomic mass is 10.1. The third-order valence-corrected chi connectivity index (χ3v) is 4.39. The number of hydrogen-bond acceptors (Lipinski definition) is 8. The van der Waals surface area contributed by atoms with Crippen LogP contribution in [-0.4, -0.2) is 34.1 Å². The highest BCUT2D eigenvalue weighted by molar-refractivity contribution is 6.00. The second kappa shape index (κ2) is 10.9. The maximum absolute atomic E-state index is 12.3. The van der Waals surface area contributed by atoms with Crippen LogP contribution in [0.5, 0.6) is 0 Å². The second-order valence-electron chi connectivity index (χ2n) is 6.61. The molecule has 2 amide bonds. The Hall–Kier alpha value is -5.26. The van der Waals surface area contributed by atoms with Crippen LogP contribution >= 0.6 is 0 Å². The van der Waals surface area contributed by atoms with Crippen LogP contribution in [0.4, 0.5) is 11.4 Å². The fraction of sp³-hybridized carbons (Fsp3) is 0. The van der Waals surface area contributed by atoms with Crippen LogP contribution in [0.2, 0.25) is 0 Å². The maximum Gasteiger partial charge on any atom is 0.278 e. The van der Waals surface area contributed by atoms with Gasteiger partial charge in [0.15, 0.2) is 0 Å². The van der Waals surface area contributed by atoms with Crippen molar-refractivity contribution >= 4 is 35.6 Å². The lowest BCUT2D eigenvalue weighted by Gasteiger charge is -2.04. The molecule has 0 aliphatic carbocycles. The van der Waals surface area contributed by atoms with Crippen LogP contribution < -0.4 is 10.9 Å². The fourth-order valence-corrected chi connectivity index (χ4v) is 2.78. The van der Waals surface area contributed by atoms with E-state index in [1.807, 2.05) is 0 Å². The minimum Gasteiger partial charge on any atom is -0.267 e. The van der Waals surface area contributed by atoms with Gasteiger partial charge in [-0.25, -0.2) is 10.9 Å². The molecular formula is C22H16N6O6. The molecule has 0 spiro atoms. The van der Waals surface area contributed by atoms with E-state index in [2.05, 4.69) is 21.1 Å². The number of carbonyl (C=O) groups is 2. The summed E-state index contributed by atoms with van der Waals surface area (Å²) in [6.45, 7) is 0. The first kappa shape index (κ1) is 23.4. The summed E-state index contributed by atoms with van der Waals surface area (Å²) in [4.78, 5) is 45.6. The number of hydrogen-bond donors (Lipinski definition) is 2. The summed E-state index contributed by atoms with van der Waals surface area (Å²) in [7, 11) is 0. The van der Waals surface area contributed by atoms with Gasteiger partial charge in [0.05, 0.1) is 33.4 Å². The predicted molar refractivity (Wildman–Crippen MR) is 123 cm³/mol. The number of nitro groups is 2. The first-order valence-electron chi connectivity index (χ1n) is 9.60. The number of amides is 2. The Kier molecular flexibility index (Phi) is 7.47. The van der Waals surface area contributed by atoms with E-state index >= 15 is 0 Å². The molecule has 12 nitrogen and oxygen atoms in total. The van der Waals surface area contributed by atoms with Crippen LogP contribution in [0.1, 0.15) is 31.8 Å².